The number of benzene rings is 4. The fourth-order valence-electron chi connectivity index (χ4n) is 3.96. The quantitative estimate of drug-likeness (QED) is 0.264. The third kappa shape index (κ3) is 4.60. The lowest BCUT2D eigenvalue weighted by molar-refractivity contribution is 0.620. The number of hydrogen-bond donors (Lipinski definition) is 0. The third-order valence-corrected chi connectivity index (χ3v) is 5.84. The van der Waals surface area contributed by atoms with Crippen LogP contribution in [0.15, 0.2) is 54.6 Å². The van der Waals surface area contributed by atoms with Crippen LogP contribution in [0, 0.1) is 75.9 Å². The summed E-state index contributed by atoms with van der Waals surface area (Å²) < 4.78 is 43.3. The molecule has 4 aromatic rings. The molecule has 0 heterocycles. The average Bonchev–Trinajstić information content (AvgIpc) is 2.97. The smallest absolute Gasteiger partial charge is 0.224 e. The standard InChI is InChI=1S/C30H9F3N6/c1-38-26-10-20(8-24(14-36)29(26)32)17-3-16(19-6-22(12-34)28(31)23(7-19)13-35)4-18(5-17)21-9-25(15-37)30(33)27(11-21)39-2/h3-11H. The van der Waals surface area contributed by atoms with E-state index in [4.69, 9.17) is 13.1 Å². The van der Waals surface area contributed by atoms with Crippen LogP contribution in [0.25, 0.3) is 43.1 Å². The Morgan fingerprint density at radius 1 is 0.436 bits per heavy atom. The first-order chi connectivity index (χ1) is 18.8. The fraction of sp³-hybridized carbons (Fsp3) is 0. The topological polar surface area (TPSA) is 104 Å². The molecule has 6 nitrogen and oxygen atoms in total. The molecular weight excluding hydrogens is 501 g/mol. The van der Waals surface area contributed by atoms with Crippen LogP contribution in [0.2, 0.25) is 0 Å². The van der Waals surface area contributed by atoms with Gasteiger partial charge in [0.05, 0.1) is 35.4 Å². The number of nitrogens with zero attached hydrogens (tertiary/aromatic N) is 6. The van der Waals surface area contributed by atoms with Gasteiger partial charge < -0.3 is 0 Å². The molecule has 0 atom stereocenters. The summed E-state index contributed by atoms with van der Waals surface area (Å²) in [6.45, 7) is 14.5. The van der Waals surface area contributed by atoms with Crippen molar-refractivity contribution < 1.29 is 13.2 Å². The zero-order chi connectivity index (χ0) is 28.3. The van der Waals surface area contributed by atoms with Gasteiger partial charge in [-0.15, -0.1) is 0 Å². The monoisotopic (exact) mass is 510 g/mol. The van der Waals surface area contributed by atoms with Gasteiger partial charge in [0, 0.05) is 0 Å². The molecule has 0 unspecified atom stereocenters. The molecular formula is C30H9F3N6. The Hall–Kier alpha value is -6.39. The normalized spacial score (nSPS) is 9.77. The van der Waals surface area contributed by atoms with Crippen molar-refractivity contribution in [2.45, 2.75) is 0 Å². The lowest BCUT2D eigenvalue weighted by Crippen LogP contribution is -1.94. The molecule has 0 saturated heterocycles. The van der Waals surface area contributed by atoms with E-state index in [1.54, 1.807) is 42.5 Å². The van der Waals surface area contributed by atoms with Crippen molar-refractivity contribution >= 4 is 11.4 Å². The molecule has 4 aromatic carbocycles. The van der Waals surface area contributed by atoms with E-state index in [0.29, 0.717) is 16.7 Å². The minimum atomic E-state index is -0.988. The van der Waals surface area contributed by atoms with Crippen molar-refractivity contribution in [3.63, 3.8) is 0 Å². The Balaban J connectivity index is 2.10. The number of hydrogen-bond acceptors (Lipinski definition) is 4. The largest absolute Gasteiger partial charge is 0.235 e. The van der Waals surface area contributed by atoms with Crippen molar-refractivity contribution in [3.8, 4) is 57.7 Å². The molecule has 9 heteroatoms. The van der Waals surface area contributed by atoms with Crippen molar-refractivity contribution in [1.82, 2.24) is 0 Å². The van der Waals surface area contributed by atoms with E-state index >= 15 is 0 Å². The van der Waals surface area contributed by atoms with E-state index in [2.05, 4.69) is 9.69 Å². The predicted octanol–water partition coefficient (Wildman–Crippen LogP) is 7.69. The molecule has 180 valence electrons. The molecule has 39 heavy (non-hydrogen) atoms. The Labute approximate surface area is 220 Å². The van der Waals surface area contributed by atoms with Crippen LogP contribution in [0.4, 0.5) is 24.5 Å². The number of rotatable bonds is 3. The summed E-state index contributed by atoms with van der Waals surface area (Å²) in [7, 11) is 0. The third-order valence-electron chi connectivity index (χ3n) is 5.84. The van der Waals surface area contributed by atoms with E-state index in [1.165, 1.54) is 36.4 Å². The maximum Gasteiger partial charge on any atom is 0.224 e. The van der Waals surface area contributed by atoms with Crippen molar-refractivity contribution in [2.75, 3.05) is 0 Å². The van der Waals surface area contributed by atoms with Crippen LogP contribution >= 0.6 is 0 Å². The SMILES string of the molecule is [C-]#[N+]c1cc(-c2cc(-c3cc(C#N)c(F)c(C#N)c3)cc(-c3cc(C#N)c(F)c([N+]#[C-])c3)c2)cc(C#N)c1F. The van der Waals surface area contributed by atoms with Gasteiger partial charge in [-0.1, -0.05) is 0 Å². The molecule has 0 amide bonds. The highest BCUT2D eigenvalue weighted by molar-refractivity contribution is 5.84. The maximum absolute atomic E-state index is 14.4. The second-order valence-corrected chi connectivity index (χ2v) is 8.07. The molecule has 0 aliphatic rings. The Bertz CT molecular complexity index is 1620. The molecule has 0 spiro atoms. The first-order valence-corrected chi connectivity index (χ1v) is 10.8. The zero-order valence-corrected chi connectivity index (χ0v) is 19.5. The summed E-state index contributed by atoms with van der Waals surface area (Å²) in [4.78, 5) is 6.27. The minimum absolute atomic E-state index is 0.258. The highest BCUT2D eigenvalue weighted by atomic mass is 19.1. The zero-order valence-electron chi connectivity index (χ0n) is 19.5. The molecule has 0 radical (unpaired) electrons. The molecule has 0 N–H and O–H groups in total. The highest BCUT2D eigenvalue weighted by Crippen LogP contribution is 2.38. The number of nitriles is 4. The minimum Gasteiger partial charge on any atom is -0.235 e. The van der Waals surface area contributed by atoms with Crippen molar-refractivity contribution in [3.05, 3.63) is 117 Å². The summed E-state index contributed by atoms with van der Waals surface area (Å²) in [6.07, 6.45) is 0. The van der Waals surface area contributed by atoms with Gasteiger partial charge in [-0.3, -0.25) is 0 Å². The maximum atomic E-state index is 14.4. The fourth-order valence-corrected chi connectivity index (χ4v) is 3.96. The summed E-state index contributed by atoms with van der Waals surface area (Å²) in [5, 5.41) is 37.5. The Morgan fingerprint density at radius 3 is 0.974 bits per heavy atom. The summed E-state index contributed by atoms with van der Waals surface area (Å²) >= 11 is 0. The predicted molar refractivity (Wildman–Crippen MR) is 134 cm³/mol. The van der Waals surface area contributed by atoms with E-state index in [1.807, 2.05) is 0 Å². The highest BCUT2D eigenvalue weighted by Gasteiger charge is 2.18. The van der Waals surface area contributed by atoms with Crippen LogP contribution in [-0.2, 0) is 0 Å². The van der Waals surface area contributed by atoms with E-state index in [9.17, 15) is 34.2 Å². The van der Waals surface area contributed by atoms with Gasteiger partial charge >= 0.3 is 0 Å². The van der Waals surface area contributed by atoms with Gasteiger partial charge in [0.15, 0.2) is 5.82 Å². The van der Waals surface area contributed by atoms with Crippen LogP contribution in [0.3, 0.4) is 0 Å². The first-order valence-electron chi connectivity index (χ1n) is 10.8. The van der Waals surface area contributed by atoms with Crippen LogP contribution in [0.1, 0.15) is 22.3 Å². The van der Waals surface area contributed by atoms with Crippen LogP contribution < -0.4 is 0 Å². The van der Waals surface area contributed by atoms with E-state index in [-0.39, 0.29) is 38.9 Å². The van der Waals surface area contributed by atoms with Crippen LogP contribution in [0.5, 0.6) is 0 Å². The summed E-state index contributed by atoms with van der Waals surface area (Å²) in [6, 6.07) is 18.9. The van der Waals surface area contributed by atoms with Gasteiger partial charge in [0.1, 0.15) is 35.9 Å². The Kier molecular flexibility index (Phi) is 6.79. The second kappa shape index (κ2) is 10.3. The second-order valence-electron chi connectivity index (χ2n) is 8.07. The van der Waals surface area contributed by atoms with Crippen LogP contribution in [-0.4, -0.2) is 0 Å². The van der Waals surface area contributed by atoms with Gasteiger partial charge in [0.2, 0.25) is 11.4 Å². The molecule has 4 rings (SSSR count). The molecule has 0 aliphatic carbocycles. The Morgan fingerprint density at radius 2 is 0.692 bits per heavy atom. The molecule has 0 bridgehead atoms. The average molecular weight is 510 g/mol. The van der Waals surface area contributed by atoms with E-state index in [0.717, 1.165) is 0 Å². The lowest BCUT2D eigenvalue weighted by atomic mass is 9.91. The molecule has 0 saturated carbocycles. The molecule has 0 aliphatic heterocycles. The first kappa shape index (κ1) is 25.7. The molecule has 0 fully saturated rings. The lowest BCUT2D eigenvalue weighted by Gasteiger charge is -2.14. The van der Waals surface area contributed by atoms with Crippen molar-refractivity contribution in [1.29, 1.82) is 21.0 Å². The summed E-state index contributed by atoms with van der Waals surface area (Å²) in [5.74, 6) is -2.96. The van der Waals surface area contributed by atoms with Gasteiger partial charge in [-0.25, -0.2) is 22.9 Å². The van der Waals surface area contributed by atoms with Gasteiger partial charge in [0.25, 0.3) is 0 Å². The molecule has 0 aromatic heterocycles. The van der Waals surface area contributed by atoms with Crippen molar-refractivity contribution in [2.24, 2.45) is 0 Å². The van der Waals surface area contributed by atoms with Gasteiger partial charge in [-0.2, -0.15) is 21.0 Å². The van der Waals surface area contributed by atoms with E-state index < -0.39 is 28.8 Å². The summed E-state index contributed by atoms with van der Waals surface area (Å²) in [5.41, 5.74) is -0.522. The number of halogens is 3. The van der Waals surface area contributed by atoms with Gasteiger partial charge in [-0.05, 0) is 88.0 Å².